The van der Waals surface area contributed by atoms with E-state index in [1.807, 2.05) is 0 Å². The maximum absolute atomic E-state index is 11.1. The molecule has 3 nitrogen and oxygen atoms in total. The van der Waals surface area contributed by atoms with Gasteiger partial charge in [-0.1, -0.05) is 15.9 Å². The zero-order valence-corrected chi connectivity index (χ0v) is 9.57. The van der Waals surface area contributed by atoms with Crippen LogP contribution in [0.25, 0.3) is 0 Å². The minimum Gasteiger partial charge on any atom is -0.213 e. The van der Waals surface area contributed by atoms with E-state index in [4.69, 9.17) is 0 Å². The molecule has 0 aromatic heterocycles. The minimum atomic E-state index is -2.94. The van der Waals surface area contributed by atoms with Crippen molar-refractivity contribution < 1.29 is 8.42 Å². The molecule has 1 rings (SSSR count). The second-order valence-electron chi connectivity index (χ2n) is 3.25. The summed E-state index contributed by atoms with van der Waals surface area (Å²) in [6.45, 7) is 1.42. The van der Waals surface area contributed by atoms with Crippen molar-refractivity contribution in [2.45, 2.75) is 12.8 Å². The Morgan fingerprint density at radius 1 is 1.58 bits per heavy atom. The van der Waals surface area contributed by atoms with E-state index in [0.29, 0.717) is 19.0 Å². The maximum atomic E-state index is 11.1. The lowest BCUT2D eigenvalue weighted by molar-refractivity contribution is 0.458. The largest absolute Gasteiger partial charge is 0.213 e. The van der Waals surface area contributed by atoms with Crippen LogP contribution in [0.1, 0.15) is 12.8 Å². The van der Waals surface area contributed by atoms with E-state index in [2.05, 4.69) is 15.9 Å². The van der Waals surface area contributed by atoms with Crippen LogP contribution in [0, 0.1) is 5.92 Å². The van der Waals surface area contributed by atoms with Gasteiger partial charge < -0.3 is 0 Å². The molecule has 0 aromatic carbocycles. The molecule has 0 aliphatic carbocycles. The van der Waals surface area contributed by atoms with Gasteiger partial charge in [-0.05, 0) is 18.8 Å². The van der Waals surface area contributed by atoms with Crippen LogP contribution in [-0.4, -0.2) is 37.4 Å². The fourth-order valence-electron chi connectivity index (χ4n) is 1.49. The fourth-order valence-corrected chi connectivity index (χ4v) is 3.05. The van der Waals surface area contributed by atoms with E-state index >= 15 is 0 Å². The number of hydrogen-bond acceptors (Lipinski definition) is 2. The Bertz CT molecular complexity index is 240. The monoisotopic (exact) mass is 255 g/mol. The van der Waals surface area contributed by atoms with Crippen LogP contribution < -0.4 is 0 Å². The maximum Gasteiger partial charge on any atom is 0.211 e. The number of hydrogen-bond donors (Lipinski definition) is 0. The highest BCUT2D eigenvalue weighted by atomic mass is 79.9. The fraction of sp³-hybridized carbons (Fsp3) is 1.00. The summed E-state index contributed by atoms with van der Waals surface area (Å²) in [4.78, 5) is 0. The van der Waals surface area contributed by atoms with Crippen molar-refractivity contribution in [3.8, 4) is 0 Å². The Morgan fingerprint density at radius 2 is 2.25 bits per heavy atom. The van der Waals surface area contributed by atoms with E-state index in [1.165, 1.54) is 6.26 Å². The number of halogens is 1. The third kappa shape index (κ3) is 2.71. The zero-order chi connectivity index (χ0) is 9.19. The average molecular weight is 256 g/mol. The highest BCUT2D eigenvalue weighted by Crippen LogP contribution is 2.21. The van der Waals surface area contributed by atoms with Crippen molar-refractivity contribution in [3.05, 3.63) is 0 Å². The average Bonchev–Trinajstić information content (AvgIpc) is 2.35. The molecule has 0 radical (unpaired) electrons. The van der Waals surface area contributed by atoms with Gasteiger partial charge in [-0.2, -0.15) is 0 Å². The van der Waals surface area contributed by atoms with Crippen LogP contribution >= 0.6 is 15.9 Å². The molecule has 1 aliphatic heterocycles. The molecule has 12 heavy (non-hydrogen) atoms. The summed E-state index contributed by atoms with van der Waals surface area (Å²) in [6, 6.07) is 0. The first-order valence-electron chi connectivity index (χ1n) is 4.05. The molecule has 5 heteroatoms. The predicted octanol–water partition coefficient (Wildman–Crippen LogP) is 1.05. The summed E-state index contributed by atoms with van der Waals surface area (Å²) in [5, 5.41) is 0.968. The molecule has 1 aliphatic rings. The SMILES string of the molecule is CS(=O)(=O)N1CCC(CCBr)C1. The van der Waals surface area contributed by atoms with Gasteiger partial charge in [0.05, 0.1) is 6.26 Å². The summed E-state index contributed by atoms with van der Waals surface area (Å²) < 4.78 is 23.8. The molecule has 1 fully saturated rings. The molecular weight excluding hydrogens is 242 g/mol. The van der Waals surface area contributed by atoms with E-state index in [1.54, 1.807) is 4.31 Å². The van der Waals surface area contributed by atoms with Gasteiger partial charge in [0.15, 0.2) is 0 Å². The highest BCUT2D eigenvalue weighted by Gasteiger charge is 2.27. The Balaban J connectivity index is 2.46. The molecule has 0 N–H and O–H groups in total. The van der Waals surface area contributed by atoms with Gasteiger partial charge in [-0.25, -0.2) is 12.7 Å². The summed E-state index contributed by atoms with van der Waals surface area (Å²) in [5.74, 6) is 0.555. The molecule has 1 heterocycles. The van der Waals surface area contributed by atoms with Crippen molar-refractivity contribution >= 4 is 26.0 Å². The van der Waals surface area contributed by atoms with Gasteiger partial charge in [0.1, 0.15) is 0 Å². The molecule has 0 amide bonds. The van der Waals surface area contributed by atoms with E-state index in [-0.39, 0.29) is 0 Å². The van der Waals surface area contributed by atoms with Crippen molar-refractivity contribution in [2.75, 3.05) is 24.7 Å². The predicted molar refractivity (Wildman–Crippen MR) is 52.9 cm³/mol. The standard InChI is InChI=1S/C7H14BrNO2S/c1-12(10,11)9-5-3-7(6-9)2-4-8/h7H,2-6H2,1H3. The first kappa shape index (κ1) is 10.5. The molecule has 0 saturated carbocycles. The van der Waals surface area contributed by atoms with Crippen LogP contribution in [0.3, 0.4) is 0 Å². The van der Waals surface area contributed by atoms with Gasteiger partial charge in [-0.15, -0.1) is 0 Å². The number of rotatable bonds is 3. The molecule has 1 unspecified atom stereocenters. The van der Waals surface area contributed by atoms with E-state index in [0.717, 1.165) is 18.2 Å². The van der Waals surface area contributed by atoms with Gasteiger partial charge in [0.2, 0.25) is 10.0 Å². The zero-order valence-electron chi connectivity index (χ0n) is 7.16. The lowest BCUT2D eigenvalue weighted by Crippen LogP contribution is -2.27. The van der Waals surface area contributed by atoms with E-state index < -0.39 is 10.0 Å². The van der Waals surface area contributed by atoms with Crippen molar-refractivity contribution in [1.82, 2.24) is 4.31 Å². The van der Waals surface area contributed by atoms with Gasteiger partial charge in [0, 0.05) is 18.4 Å². The molecule has 1 saturated heterocycles. The van der Waals surface area contributed by atoms with Crippen molar-refractivity contribution in [2.24, 2.45) is 5.92 Å². The topological polar surface area (TPSA) is 37.4 Å². The molecule has 1 atom stereocenters. The Kier molecular flexibility index (Phi) is 3.55. The smallest absolute Gasteiger partial charge is 0.211 e. The quantitative estimate of drug-likeness (QED) is 0.708. The summed E-state index contributed by atoms with van der Waals surface area (Å²) in [5.41, 5.74) is 0. The van der Waals surface area contributed by atoms with Crippen LogP contribution in [0.2, 0.25) is 0 Å². The van der Waals surface area contributed by atoms with Gasteiger partial charge >= 0.3 is 0 Å². The number of alkyl halides is 1. The van der Waals surface area contributed by atoms with Crippen LogP contribution in [0.4, 0.5) is 0 Å². The molecular formula is C7H14BrNO2S. The molecule has 0 aromatic rings. The lowest BCUT2D eigenvalue weighted by atomic mass is 10.1. The van der Waals surface area contributed by atoms with Crippen LogP contribution in [0.5, 0.6) is 0 Å². The minimum absolute atomic E-state index is 0.555. The summed E-state index contributed by atoms with van der Waals surface area (Å²) in [6.07, 6.45) is 3.37. The van der Waals surface area contributed by atoms with Gasteiger partial charge in [0.25, 0.3) is 0 Å². The Hall–Kier alpha value is 0.390. The van der Waals surface area contributed by atoms with Crippen molar-refractivity contribution in [3.63, 3.8) is 0 Å². The second-order valence-corrected chi connectivity index (χ2v) is 6.03. The molecule has 0 spiro atoms. The number of nitrogens with zero attached hydrogens (tertiary/aromatic N) is 1. The lowest BCUT2D eigenvalue weighted by Gasteiger charge is -2.12. The third-order valence-electron chi connectivity index (χ3n) is 2.23. The summed E-state index contributed by atoms with van der Waals surface area (Å²) >= 11 is 3.36. The van der Waals surface area contributed by atoms with Gasteiger partial charge in [-0.3, -0.25) is 0 Å². The number of sulfonamides is 1. The highest BCUT2D eigenvalue weighted by molar-refractivity contribution is 9.09. The first-order chi connectivity index (χ1) is 5.54. The Labute approximate surface area is 82.3 Å². The Morgan fingerprint density at radius 3 is 2.67 bits per heavy atom. The molecule has 72 valence electrons. The van der Waals surface area contributed by atoms with E-state index in [9.17, 15) is 8.42 Å². The third-order valence-corrected chi connectivity index (χ3v) is 3.96. The normalized spacial score (nSPS) is 26.3. The van der Waals surface area contributed by atoms with Crippen LogP contribution in [-0.2, 0) is 10.0 Å². The van der Waals surface area contributed by atoms with Crippen LogP contribution in [0.15, 0.2) is 0 Å². The molecule has 0 bridgehead atoms. The van der Waals surface area contributed by atoms with Crippen molar-refractivity contribution in [1.29, 1.82) is 0 Å². The first-order valence-corrected chi connectivity index (χ1v) is 7.02. The second kappa shape index (κ2) is 4.07. The summed E-state index contributed by atoms with van der Waals surface area (Å²) in [7, 11) is -2.94.